The summed E-state index contributed by atoms with van der Waals surface area (Å²) >= 11 is 3.55. The number of hydrogen-bond acceptors (Lipinski definition) is 3. The van der Waals surface area contributed by atoms with Gasteiger partial charge in [0.25, 0.3) is 0 Å². The lowest BCUT2D eigenvalue weighted by Crippen LogP contribution is -2.35. The van der Waals surface area contributed by atoms with Crippen LogP contribution in [0.5, 0.6) is 0 Å². The van der Waals surface area contributed by atoms with E-state index in [4.69, 9.17) is 0 Å². The molecule has 0 aliphatic carbocycles. The van der Waals surface area contributed by atoms with E-state index in [1.165, 1.54) is 21.6 Å². The van der Waals surface area contributed by atoms with Gasteiger partial charge in [-0.15, -0.1) is 17.9 Å². The Hall–Kier alpha value is -1.52. The molecule has 0 aliphatic rings. The van der Waals surface area contributed by atoms with Crippen LogP contribution in [0, 0.1) is 0 Å². The fraction of sp³-hybridized carbons (Fsp3) is 0.500. The van der Waals surface area contributed by atoms with Gasteiger partial charge in [0.1, 0.15) is 0 Å². The van der Waals surface area contributed by atoms with Crippen LogP contribution in [-0.2, 0) is 11.2 Å². The Morgan fingerprint density at radius 1 is 1.10 bits per heavy atom. The van der Waals surface area contributed by atoms with Crippen molar-refractivity contribution in [2.45, 2.75) is 72.3 Å². The molecular weight excluding hydrogens is 406 g/mol. The summed E-state index contributed by atoms with van der Waals surface area (Å²) in [4.78, 5) is 13.4. The van der Waals surface area contributed by atoms with Gasteiger partial charge in [-0.3, -0.25) is 4.79 Å². The van der Waals surface area contributed by atoms with Crippen molar-refractivity contribution in [1.29, 1.82) is 0 Å². The van der Waals surface area contributed by atoms with E-state index in [1.807, 2.05) is 23.9 Å². The first-order valence-corrected chi connectivity index (χ1v) is 12.9. The van der Waals surface area contributed by atoms with Crippen LogP contribution < -0.4 is 5.32 Å². The number of thiophene rings is 1. The fourth-order valence-corrected chi connectivity index (χ4v) is 4.59. The van der Waals surface area contributed by atoms with Gasteiger partial charge in [-0.2, -0.15) is 11.8 Å². The molecule has 0 spiro atoms. The maximum atomic E-state index is 12.1. The van der Waals surface area contributed by atoms with Gasteiger partial charge in [-0.25, -0.2) is 0 Å². The second-order valence-electron chi connectivity index (χ2n) is 7.99. The average Bonchev–Trinajstić information content (AvgIpc) is 3.22. The molecule has 1 N–H and O–H groups in total. The van der Waals surface area contributed by atoms with Crippen molar-refractivity contribution < 1.29 is 4.79 Å². The zero-order chi connectivity index (χ0) is 22.2. The van der Waals surface area contributed by atoms with Crippen LogP contribution in [-0.4, -0.2) is 23.5 Å². The predicted molar refractivity (Wildman–Crippen MR) is 138 cm³/mol. The van der Waals surface area contributed by atoms with Gasteiger partial charge < -0.3 is 5.32 Å². The van der Waals surface area contributed by atoms with Crippen LogP contribution in [0.4, 0.5) is 0 Å². The van der Waals surface area contributed by atoms with Crippen LogP contribution in [0.15, 0.2) is 65.1 Å². The molecule has 1 atom stereocenters. The van der Waals surface area contributed by atoms with E-state index < -0.39 is 0 Å². The molecule has 4 heteroatoms. The number of amides is 1. The minimum atomic E-state index is 0.0333. The highest BCUT2D eigenvalue weighted by Crippen LogP contribution is 2.14. The molecule has 0 aliphatic heterocycles. The molecule has 1 amide bonds. The lowest BCUT2D eigenvalue weighted by molar-refractivity contribution is -0.121. The molecular formula is C26H39NOS2. The number of carbonyl (C=O) groups excluding carboxylic acids is 1. The lowest BCUT2D eigenvalue weighted by atomic mass is 10.1. The van der Waals surface area contributed by atoms with E-state index >= 15 is 0 Å². The zero-order valence-corrected chi connectivity index (χ0v) is 20.8. The summed E-state index contributed by atoms with van der Waals surface area (Å²) in [7, 11) is 0. The van der Waals surface area contributed by atoms with E-state index in [0.29, 0.717) is 6.42 Å². The standard InChI is InChI=1S/C26H39NOS2/c1-6-24(27-26(28)16-15-25-14-9-18-30-25)20-29-19-17-23(5)13-8-12-22(4)11-7-10-21(2)3/h6,9-10,12,14,17-18,24H,1,7-8,11,13,15-16,19-20H2,2-5H3,(H,27,28)/b22-12+,23-17+. The average molecular weight is 446 g/mol. The van der Waals surface area contributed by atoms with Crippen LogP contribution in [0.1, 0.15) is 64.7 Å². The number of carbonyl (C=O) groups is 1. The van der Waals surface area contributed by atoms with Crippen molar-refractivity contribution in [2.24, 2.45) is 0 Å². The molecule has 0 saturated heterocycles. The third kappa shape index (κ3) is 13.7. The van der Waals surface area contributed by atoms with Gasteiger partial charge in [0.2, 0.25) is 5.91 Å². The lowest BCUT2D eigenvalue weighted by Gasteiger charge is -2.14. The van der Waals surface area contributed by atoms with Crippen molar-refractivity contribution in [1.82, 2.24) is 5.32 Å². The third-order valence-electron chi connectivity index (χ3n) is 4.78. The maximum absolute atomic E-state index is 12.1. The second kappa shape index (κ2) is 16.2. The Bertz CT molecular complexity index is 709. The Labute approximate surface area is 192 Å². The summed E-state index contributed by atoms with van der Waals surface area (Å²) < 4.78 is 0. The largest absolute Gasteiger partial charge is 0.349 e. The summed E-state index contributed by atoms with van der Waals surface area (Å²) in [5, 5.41) is 5.13. The Morgan fingerprint density at radius 2 is 1.80 bits per heavy atom. The van der Waals surface area contributed by atoms with Crippen molar-refractivity contribution >= 4 is 29.0 Å². The predicted octanol–water partition coefficient (Wildman–Crippen LogP) is 7.50. The van der Waals surface area contributed by atoms with Gasteiger partial charge >= 0.3 is 0 Å². The molecule has 0 fully saturated rings. The molecule has 0 bridgehead atoms. The van der Waals surface area contributed by atoms with Crippen molar-refractivity contribution in [3.8, 4) is 0 Å². The molecule has 1 aromatic rings. The van der Waals surface area contributed by atoms with Crippen molar-refractivity contribution in [2.75, 3.05) is 11.5 Å². The normalized spacial score (nSPS) is 13.1. The molecule has 0 aromatic carbocycles. The topological polar surface area (TPSA) is 29.1 Å². The first-order valence-electron chi connectivity index (χ1n) is 10.9. The second-order valence-corrected chi connectivity index (χ2v) is 10.1. The van der Waals surface area contributed by atoms with E-state index in [9.17, 15) is 4.79 Å². The number of rotatable bonds is 15. The molecule has 166 valence electrons. The fourth-order valence-electron chi connectivity index (χ4n) is 2.87. The molecule has 1 unspecified atom stereocenters. The van der Waals surface area contributed by atoms with Crippen molar-refractivity contribution in [3.05, 3.63) is 70.0 Å². The summed E-state index contributed by atoms with van der Waals surface area (Å²) in [6, 6.07) is 4.14. The van der Waals surface area contributed by atoms with E-state index in [2.05, 4.69) is 69.3 Å². The number of allylic oxidation sites excluding steroid dienone is 5. The number of aryl methyl sites for hydroxylation is 1. The van der Waals surface area contributed by atoms with Gasteiger partial charge in [0.15, 0.2) is 0 Å². The van der Waals surface area contributed by atoms with E-state index in [0.717, 1.165) is 43.6 Å². The monoisotopic (exact) mass is 445 g/mol. The quantitative estimate of drug-likeness (QED) is 0.224. The first-order chi connectivity index (χ1) is 14.4. The minimum absolute atomic E-state index is 0.0333. The maximum Gasteiger partial charge on any atom is 0.220 e. The highest BCUT2D eigenvalue weighted by Gasteiger charge is 2.09. The van der Waals surface area contributed by atoms with Gasteiger partial charge in [-0.1, -0.05) is 47.1 Å². The summed E-state index contributed by atoms with van der Waals surface area (Å²) in [6.45, 7) is 12.6. The molecule has 1 aromatic heterocycles. The molecule has 0 radical (unpaired) electrons. The summed E-state index contributed by atoms with van der Waals surface area (Å²) in [5.41, 5.74) is 4.32. The van der Waals surface area contributed by atoms with Crippen LogP contribution in [0.25, 0.3) is 0 Å². The molecule has 30 heavy (non-hydrogen) atoms. The number of thioether (sulfide) groups is 1. The van der Waals surface area contributed by atoms with Crippen LogP contribution in [0.3, 0.4) is 0 Å². The summed E-state index contributed by atoms with van der Waals surface area (Å²) in [6.07, 6.45) is 14.7. The van der Waals surface area contributed by atoms with Gasteiger partial charge in [-0.05, 0) is 71.2 Å². The molecule has 2 nitrogen and oxygen atoms in total. The van der Waals surface area contributed by atoms with Crippen LogP contribution >= 0.6 is 23.1 Å². The SMILES string of the molecule is C=CC(CSC/C=C(\C)CC/C=C(\C)CCC=C(C)C)NC(=O)CCc1cccs1. The van der Waals surface area contributed by atoms with E-state index in [-0.39, 0.29) is 11.9 Å². The zero-order valence-electron chi connectivity index (χ0n) is 19.2. The molecule has 1 heterocycles. The summed E-state index contributed by atoms with van der Waals surface area (Å²) in [5.74, 6) is 1.94. The Balaban J connectivity index is 2.20. The number of hydrogen-bond donors (Lipinski definition) is 1. The highest BCUT2D eigenvalue weighted by atomic mass is 32.2. The number of nitrogens with one attached hydrogen (secondary N) is 1. The minimum Gasteiger partial charge on any atom is -0.349 e. The third-order valence-corrected chi connectivity index (χ3v) is 6.71. The smallest absolute Gasteiger partial charge is 0.220 e. The Kier molecular flexibility index (Phi) is 14.3. The van der Waals surface area contributed by atoms with Gasteiger partial charge in [0.05, 0.1) is 6.04 Å². The highest BCUT2D eigenvalue weighted by molar-refractivity contribution is 7.99. The van der Waals surface area contributed by atoms with Crippen LogP contribution in [0.2, 0.25) is 0 Å². The first kappa shape index (κ1) is 26.5. The molecule has 1 rings (SSSR count). The Morgan fingerprint density at radius 3 is 2.43 bits per heavy atom. The van der Waals surface area contributed by atoms with Crippen molar-refractivity contribution in [3.63, 3.8) is 0 Å². The van der Waals surface area contributed by atoms with E-state index in [1.54, 1.807) is 11.3 Å². The molecule has 0 saturated carbocycles. The van der Waals surface area contributed by atoms with Gasteiger partial charge in [0, 0.05) is 22.8 Å².